The highest BCUT2D eigenvalue weighted by molar-refractivity contribution is 5.31. The molecule has 0 spiro atoms. The fourth-order valence-electron chi connectivity index (χ4n) is 2.05. The summed E-state index contributed by atoms with van der Waals surface area (Å²) < 4.78 is 11.3. The standard InChI is InChI=1S/C15H20N2O2/c1-4-12-6-7-14(19-12)15(16-3)11-8-13(18-5-2)10-17-9-11/h6-10,15-16H,4-5H2,1-3H3. The molecule has 19 heavy (non-hydrogen) atoms. The van der Waals surface area contributed by atoms with Crippen molar-refractivity contribution in [2.45, 2.75) is 26.3 Å². The lowest BCUT2D eigenvalue weighted by Gasteiger charge is -2.14. The van der Waals surface area contributed by atoms with Crippen molar-refractivity contribution in [2.24, 2.45) is 0 Å². The second-order valence-electron chi connectivity index (χ2n) is 4.27. The average molecular weight is 260 g/mol. The minimum absolute atomic E-state index is 0.00629. The molecule has 1 N–H and O–H groups in total. The maximum atomic E-state index is 5.81. The molecule has 0 radical (unpaired) electrons. The van der Waals surface area contributed by atoms with Crippen LogP contribution < -0.4 is 10.1 Å². The molecule has 0 bridgehead atoms. The van der Waals surface area contributed by atoms with Gasteiger partial charge in [-0.05, 0) is 37.7 Å². The normalized spacial score (nSPS) is 12.4. The van der Waals surface area contributed by atoms with Gasteiger partial charge in [0.05, 0.1) is 18.8 Å². The second-order valence-corrected chi connectivity index (χ2v) is 4.27. The minimum atomic E-state index is -0.00629. The number of furan rings is 1. The van der Waals surface area contributed by atoms with Gasteiger partial charge in [-0.25, -0.2) is 0 Å². The molecule has 0 saturated carbocycles. The molecule has 0 aliphatic rings. The summed E-state index contributed by atoms with van der Waals surface area (Å²) in [5, 5.41) is 3.25. The molecule has 2 rings (SSSR count). The number of rotatable bonds is 6. The molecule has 0 aliphatic carbocycles. The van der Waals surface area contributed by atoms with E-state index in [4.69, 9.17) is 9.15 Å². The third kappa shape index (κ3) is 3.15. The number of pyridine rings is 1. The van der Waals surface area contributed by atoms with Crippen LogP contribution in [0.5, 0.6) is 5.75 Å². The first kappa shape index (κ1) is 13.6. The maximum Gasteiger partial charge on any atom is 0.137 e. The van der Waals surface area contributed by atoms with Crippen LogP contribution >= 0.6 is 0 Å². The topological polar surface area (TPSA) is 47.3 Å². The Kier molecular flexibility index (Phi) is 4.58. The smallest absolute Gasteiger partial charge is 0.137 e. The molecule has 0 saturated heterocycles. The summed E-state index contributed by atoms with van der Waals surface area (Å²) in [4.78, 5) is 4.22. The van der Waals surface area contributed by atoms with E-state index < -0.39 is 0 Å². The van der Waals surface area contributed by atoms with E-state index in [1.165, 1.54) is 0 Å². The van der Waals surface area contributed by atoms with Crippen LogP contribution in [0.4, 0.5) is 0 Å². The molecule has 4 heteroatoms. The van der Waals surface area contributed by atoms with Crippen molar-refractivity contribution in [3.63, 3.8) is 0 Å². The zero-order chi connectivity index (χ0) is 13.7. The van der Waals surface area contributed by atoms with Crippen LogP contribution in [-0.2, 0) is 6.42 Å². The van der Waals surface area contributed by atoms with Gasteiger partial charge in [0.25, 0.3) is 0 Å². The van der Waals surface area contributed by atoms with Gasteiger partial charge < -0.3 is 14.5 Å². The highest BCUT2D eigenvalue weighted by atomic mass is 16.5. The number of hydrogen-bond acceptors (Lipinski definition) is 4. The molecule has 0 aliphatic heterocycles. The van der Waals surface area contributed by atoms with Crippen molar-refractivity contribution in [1.29, 1.82) is 0 Å². The van der Waals surface area contributed by atoms with Crippen molar-refractivity contribution >= 4 is 0 Å². The Hall–Kier alpha value is -1.81. The van der Waals surface area contributed by atoms with E-state index in [0.717, 1.165) is 29.3 Å². The molecule has 4 nitrogen and oxygen atoms in total. The third-order valence-electron chi connectivity index (χ3n) is 2.98. The molecular formula is C15H20N2O2. The molecule has 2 heterocycles. The van der Waals surface area contributed by atoms with Crippen LogP contribution in [0.25, 0.3) is 0 Å². The van der Waals surface area contributed by atoms with Crippen LogP contribution in [0.3, 0.4) is 0 Å². The van der Waals surface area contributed by atoms with Crippen molar-refractivity contribution in [1.82, 2.24) is 10.3 Å². The van der Waals surface area contributed by atoms with Crippen LogP contribution in [0.15, 0.2) is 35.0 Å². The minimum Gasteiger partial charge on any atom is -0.492 e. The number of aryl methyl sites for hydroxylation is 1. The van der Waals surface area contributed by atoms with Gasteiger partial charge in [-0.15, -0.1) is 0 Å². The van der Waals surface area contributed by atoms with E-state index in [9.17, 15) is 0 Å². The third-order valence-corrected chi connectivity index (χ3v) is 2.98. The predicted octanol–water partition coefficient (Wildman–Crippen LogP) is 2.94. The van der Waals surface area contributed by atoms with Gasteiger partial charge in [0.15, 0.2) is 0 Å². The summed E-state index contributed by atoms with van der Waals surface area (Å²) in [5.74, 6) is 2.67. The first-order valence-electron chi connectivity index (χ1n) is 6.62. The first-order chi connectivity index (χ1) is 9.28. The highest BCUT2D eigenvalue weighted by Gasteiger charge is 2.16. The van der Waals surface area contributed by atoms with E-state index >= 15 is 0 Å². The summed E-state index contributed by atoms with van der Waals surface area (Å²) in [6.07, 6.45) is 4.45. The SMILES string of the molecule is CCOc1cncc(C(NC)c2ccc(CC)o2)c1. The summed E-state index contributed by atoms with van der Waals surface area (Å²) in [6.45, 7) is 4.67. The lowest BCUT2D eigenvalue weighted by atomic mass is 10.1. The quantitative estimate of drug-likeness (QED) is 0.867. The van der Waals surface area contributed by atoms with Crippen LogP contribution in [0.1, 0.15) is 37.0 Å². The number of ether oxygens (including phenoxy) is 1. The van der Waals surface area contributed by atoms with Crippen LogP contribution in [0, 0.1) is 0 Å². The molecule has 0 aromatic carbocycles. The lowest BCUT2D eigenvalue weighted by Crippen LogP contribution is -2.17. The Morgan fingerprint density at radius 3 is 2.79 bits per heavy atom. The molecule has 2 aromatic rings. The van der Waals surface area contributed by atoms with Gasteiger partial charge in [0.1, 0.15) is 17.3 Å². The van der Waals surface area contributed by atoms with Gasteiger partial charge in [0.2, 0.25) is 0 Å². The van der Waals surface area contributed by atoms with Crippen molar-refractivity contribution in [3.8, 4) is 5.75 Å². The molecule has 2 aromatic heterocycles. The van der Waals surface area contributed by atoms with E-state index in [-0.39, 0.29) is 6.04 Å². The largest absolute Gasteiger partial charge is 0.492 e. The Bertz CT molecular complexity index is 522. The van der Waals surface area contributed by atoms with Crippen molar-refractivity contribution < 1.29 is 9.15 Å². The summed E-state index contributed by atoms with van der Waals surface area (Å²) in [5.41, 5.74) is 1.03. The highest BCUT2D eigenvalue weighted by Crippen LogP contribution is 2.25. The lowest BCUT2D eigenvalue weighted by molar-refractivity contribution is 0.337. The number of aromatic nitrogens is 1. The Morgan fingerprint density at radius 1 is 1.32 bits per heavy atom. The van der Waals surface area contributed by atoms with Crippen molar-refractivity contribution in [3.05, 3.63) is 47.7 Å². The fraction of sp³-hybridized carbons (Fsp3) is 0.400. The Labute approximate surface area is 113 Å². The molecule has 102 valence electrons. The van der Waals surface area contributed by atoms with Gasteiger partial charge >= 0.3 is 0 Å². The monoisotopic (exact) mass is 260 g/mol. The van der Waals surface area contributed by atoms with Gasteiger partial charge in [0, 0.05) is 12.6 Å². The molecule has 0 amide bonds. The Balaban J connectivity index is 2.28. The van der Waals surface area contributed by atoms with Gasteiger partial charge in [-0.2, -0.15) is 0 Å². The average Bonchev–Trinajstić information content (AvgIpc) is 2.89. The predicted molar refractivity (Wildman–Crippen MR) is 74.4 cm³/mol. The van der Waals surface area contributed by atoms with E-state index in [1.54, 1.807) is 6.20 Å². The molecule has 1 unspecified atom stereocenters. The summed E-state index contributed by atoms with van der Waals surface area (Å²) in [6, 6.07) is 6.01. The summed E-state index contributed by atoms with van der Waals surface area (Å²) in [7, 11) is 1.91. The van der Waals surface area contributed by atoms with Gasteiger partial charge in [-0.3, -0.25) is 4.98 Å². The maximum absolute atomic E-state index is 5.81. The van der Waals surface area contributed by atoms with Crippen molar-refractivity contribution in [2.75, 3.05) is 13.7 Å². The summed E-state index contributed by atoms with van der Waals surface area (Å²) >= 11 is 0. The Morgan fingerprint density at radius 2 is 2.16 bits per heavy atom. The van der Waals surface area contributed by atoms with Crippen LogP contribution in [0.2, 0.25) is 0 Å². The fourth-order valence-corrected chi connectivity index (χ4v) is 2.05. The second kappa shape index (κ2) is 6.38. The molecule has 0 fully saturated rings. The zero-order valence-corrected chi connectivity index (χ0v) is 11.6. The number of nitrogens with zero attached hydrogens (tertiary/aromatic N) is 1. The number of nitrogens with one attached hydrogen (secondary N) is 1. The van der Waals surface area contributed by atoms with E-state index in [2.05, 4.69) is 17.2 Å². The zero-order valence-electron chi connectivity index (χ0n) is 11.6. The molecule has 1 atom stereocenters. The van der Waals surface area contributed by atoms with Crippen LogP contribution in [-0.4, -0.2) is 18.6 Å². The molecular weight excluding hydrogens is 240 g/mol. The van der Waals surface area contributed by atoms with E-state index in [1.807, 2.05) is 38.4 Å². The first-order valence-corrected chi connectivity index (χ1v) is 6.62. The van der Waals surface area contributed by atoms with Gasteiger partial charge in [-0.1, -0.05) is 6.92 Å². The number of hydrogen-bond donors (Lipinski definition) is 1. The van der Waals surface area contributed by atoms with E-state index in [0.29, 0.717) is 6.61 Å².